The van der Waals surface area contributed by atoms with E-state index in [4.69, 9.17) is 28.4 Å². The van der Waals surface area contributed by atoms with E-state index in [0.717, 1.165) is 11.1 Å². The van der Waals surface area contributed by atoms with Gasteiger partial charge in [0, 0.05) is 19.6 Å². The van der Waals surface area contributed by atoms with E-state index >= 15 is 4.39 Å². The molecular formula is C31H46FNO7. The van der Waals surface area contributed by atoms with E-state index in [1.54, 1.807) is 20.8 Å². The maximum absolute atomic E-state index is 15.5. The molecule has 0 radical (unpaired) electrons. The van der Waals surface area contributed by atoms with Gasteiger partial charge in [-0.1, -0.05) is 60.7 Å². The second kappa shape index (κ2) is 20.5. The summed E-state index contributed by atoms with van der Waals surface area (Å²) in [5.74, 6) is -0.381. The fraction of sp³-hybridized carbons (Fsp3) is 0.581. The highest BCUT2D eigenvalue weighted by Gasteiger charge is 2.32. The van der Waals surface area contributed by atoms with E-state index in [2.05, 4.69) is 29.2 Å². The number of benzene rings is 2. The zero-order chi connectivity index (χ0) is 28.9. The summed E-state index contributed by atoms with van der Waals surface area (Å²) in [4.78, 5) is 13.2. The molecule has 2 aromatic rings. The van der Waals surface area contributed by atoms with Crippen molar-refractivity contribution in [1.82, 2.24) is 4.90 Å². The van der Waals surface area contributed by atoms with Crippen LogP contribution in [0.15, 0.2) is 60.7 Å². The number of hydrogen-bond donors (Lipinski definition) is 0. The summed E-state index contributed by atoms with van der Waals surface area (Å²) in [6, 6.07) is 20.2. The van der Waals surface area contributed by atoms with Gasteiger partial charge in [-0.3, -0.25) is 4.90 Å². The number of hydrogen-bond acceptors (Lipinski definition) is 8. The lowest BCUT2D eigenvalue weighted by atomic mass is 10.0. The predicted octanol–water partition coefficient (Wildman–Crippen LogP) is 4.45. The lowest BCUT2D eigenvalue weighted by Crippen LogP contribution is -2.44. The van der Waals surface area contributed by atoms with Gasteiger partial charge in [0.2, 0.25) is 0 Å². The predicted molar refractivity (Wildman–Crippen MR) is 152 cm³/mol. The highest BCUT2D eigenvalue weighted by atomic mass is 19.1. The molecule has 0 aliphatic rings. The van der Waals surface area contributed by atoms with Gasteiger partial charge in [-0.2, -0.15) is 0 Å². The largest absolute Gasteiger partial charge is 0.464 e. The molecule has 2 rings (SSSR count). The van der Waals surface area contributed by atoms with Gasteiger partial charge in [-0.25, -0.2) is 9.18 Å². The monoisotopic (exact) mass is 563 g/mol. The van der Waals surface area contributed by atoms with Gasteiger partial charge in [0.1, 0.15) is 12.8 Å². The second-order valence-electron chi connectivity index (χ2n) is 9.75. The van der Waals surface area contributed by atoms with E-state index in [9.17, 15) is 4.79 Å². The van der Waals surface area contributed by atoms with Crippen molar-refractivity contribution >= 4 is 5.97 Å². The minimum atomic E-state index is -1.18. The Balaban J connectivity index is 1.57. The van der Waals surface area contributed by atoms with Crippen molar-refractivity contribution in [3.8, 4) is 0 Å². The Morgan fingerprint density at radius 2 is 1.20 bits per heavy atom. The zero-order valence-electron chi connectivity index (χ0n) is 24.2. The Morgan fingerprint density at radius 1 is 0.750 bits per heavy atom. The van der Waals surface area contributed by atoms with Crippen LogP contribution in [0.4, 0.5) is 4.39 Å². The van der Waals surface area contributed by atoms with Crippen LogP contribution in [0.3, 0.4) is 0 Å². The van der Waals surface area contributed by atoms with E-state index < -0.39 is 11.8 Å². The van der Waals surface area contributed by atoms with Crippen molar-refractivity contribution in [3.05, 3.63) is 71.8 Å². The third-order valence-corrected chi connectivity index (χ3v) is 6.01. The number of esters is 1. The van der Waals surface area contributed by atoms with E-state index in [1.165, 1.54) is 0 Å². The molecule has 0 saturated heterocycles. The van der Waals surface area contributed by atoms with Crippen LogP contribution in [0.2, 0.25) is 0 Å². The minimum absolute atomic E-state index is 0.0706. The van der Waals surface area contributed by atoms with Crippen molar-refractivity contribution in [2.45, 2.75) is 45.6 Å². The molecule has 0 saturated carbocycles. The number of nitrogens with zero attached hydrogens (tertiary/aromatic N) is 1. The normalized spacial score (nSPS) is 12.5. The molecule has 0 N–H and O–H groups in total. The van der Waals surface area contributed by atoms with Crippen LogP contribution in [0.1, 0.15) is 31.9 Å². The molecule has 1 atom stereocenters. The number of carbonyl (C=O) groups is 1. The van der Waals surface area contributed by atoms with E-state index in [1.807, 2.05) is 36.4 Å². The first kappa shape index (κ1) is 33.8. The van der Waals surface area contributed by atoms with E-state index in [-0.39, 0.29) is 19.1 Å². The molecule has 2 aromatic carbocycles. The van der Waals surface area contributed by atoms with Gasteiger partial charge in [-0.15, -0.1) is 0 Å². The third-order valence-electron chi connectivity index (χ3n) is 6.01. The molecule has 0 bridgehead atoms. The molecule has 0 heterocycles. The highest BCUT2D eigenvalue weighted by Crippen LogP contribution is 2.21. The van der Waals surface area contributed by atoms with Gasteiger partial charge < -0.3 is 28.4 Å². The Labute approximate surface area is 238 Å². The number of halogens is 1. The molecule has 0 aromatic heterocycles. The second-order valence-corrected chi connectivity index (χ2v) is 9.75. The van der Waals surface area contributed by atoms with Gasteiger partial charge in [0.25, 0.3) is 0 Å². The number of rotatable bonds is 23. The smallest absolute Gasteiger partial charge is 0.332 e. The van der Waals surface area contributed by atoms with Crippen molar-refractivity contribution in [1.29, 1.82) is 0 Å². The summed E-state index contributed by atoms with van der Waals surface area (Å²) in [6.45, 7) is 10.2. The van der Waals surface area contributed by atoms with Crippen molar-refractivity contribution < 1.29 is 37.6 Å². The summed E-state index contributed by atoms with van der Waals surface area (Å²) in [7, 11) is 0. The zero-order valence-corrected chi connectivity index (χ0v) is 24.2. The van der Waals surface area contributed by atoms with Crippen LogP contribution >= 0.6 is 0 Å². The van der Waals surface area contributed by atoms with E-state index in [0.29, 0.717) is 72.6 Å². The highest BCUT2D eigenvalue weighted by molar-refractivity contribution is 5.70. The number of carbonyl (C=O) groups excluding carboxylic acids is 1. The SMILES string of the molecule is CCOC(=O)COCCOCCOCCOCCOC(C)(C)C(F)CN(Cc1ccccc1)Cc1ccccc1. The molecule has 40 heavy (non-hydrogen) atoms. The summed E-state index contributed by atoms with van der Waals surface area (Å²) < 4.78 is 47.7. The van der Waals surface area contributed by atoms with Gasteiger partial charge in [0.05, 0.1) is 65.1 Å². The average Bonchev–Trinajstić information content (AvgIpc) is 2.94. The van der Waals surface area contributed by atoms with Crippen LogP contribution in [0, 0.1) is 0 Å². The van der Waals surface area contributed by atoms with Crippen molar-refractivity contribution in [2.75, 3.05) is 72.6 Å². The van der Waals surface area contributed by atoms with Gasteiger partial charge in [0.15, 0.2) is 0 Å². The molecule has 0 aliphatic heterocycles. The fourth-order valence-electron chi connectivity index (χ4n) is 3.79. The molecule has 224 valence electrons. The Morgan fingerprint density at radius 3 is 1.68 bits per heavy atom. The van der Waals surface area contributed by atoms with Crippen LogP contribution in [0.25, 0.3) is 0 Å². The third kappa shape index (κ3) is 15.4. The first-order chi connectivity index (χ1) is 19.4. The van der Waals surface area contributed by atoms with Crippen molar-refractivity contribution in [3.63, 3.8) is 0 Å². The quantitative estimate of drug-likeness (QED) is 0.145. The first-order valence-electron chi connectivity index (χ1n) is 14.0. The Hall–Kier alpha value is -2.40. The van der Waals surface area contributed by atoms with Gasteiger partial charge >= 0.3 is 5.97 Å². The molecular weight excluding hydrogens is 517 g/mol. The lowest BCUT2D eigenvalue weighted by Gasteiger charge is -2.33. The molecule has 1 unspecified atom stereocenters. The van der Waals surface area contributed by atoms with Gasteiger partial charge in [-0.05, 0) is 31.9 Å². The maximum Gasteiger partial charge on any atom is 0.332 e. The number of alkyl halides is 1. The van der Waals surface area contributed by atoms with Crippen molar-refractivity contribution in [2.24, 2.45) is 0 Å². The summed E-state index contributed by atoms with van der Waals surface area (Å²) in [5.41, 5.74) is 1.33. The standard InChI is InChI=1S/C31H46FNO7/c1-4-39-30(34)26-38-20-19-36-16-15-35-17-18-37-21-22-40-31(2,3)29(32)25-33(23-27-11-7-5-8-12-27)24-28-13-9-6-10-14-28/h5-14,29H,4,15-26H2,1-3H3. The Kier molecular flexibility index (Phi) is 17.3. The molecule has 0 fully saturated rings. The molecule has 8 nitrogen and oxygen atoms in total. The fourth-order valence-corrected chi connectivity index (χ4v) is 3.79. The topological polar surface area (TPSA) is 75.7 Å². The number of ether oxygens (including phenoxy) is 6. The average molecular weight is 564 g/mol. The summed E-state index contributed by atoms with van der Waals surface area (Å²) in [5, 5.41) is 0. The first-order valence-corrected chi connectivity index (χ1v) is 14.0. The maximum atomic E-state index is 15.5. The summed E-state index contributed by atoms with van der Waals surface area (Å²) in [6.07, 6.45) is -1.18. The van der Waals surface area contributed by atoms with Crippen LogP contribution in [0.5, 0.6) is 0 Å². The van der Waals surface area contributed by atoms with Crippen LogP contribution < -0.4 is 0 Å². The molecule has 9 heteroatoms. The minimum Gasteiger partial charge on any atom is -0.464 e. The summed E-state index contributed by atoms with van der Waals surface area (Å²) >= 11 is 0. The van der Waals surface area contributed by atoms with Crippen LogP contribution in [-0.4, -0.2) is 95.3 Å². The molecule has 0 aliphatic carbocycles. The lowest BCUT2D eigenvalue weighted by molar-refractivity contribution is -0.149. The molecule has 0 spiro atoms. The Bertz CT molecular complexity index is 860. The van der Waals surface area contributed by atoms with Crippen LogP contribution in [-0.2, 0) is 46.3 Å². The molecule has 0 amide bonds.